The Morgan fingerprint density at radius 2 is 1.18 bits per heavy atom. The van der Waals surface area contributed by atoms with Crippen molar-refractivity contribution in [1.29, 1.82) is 0 Å². The van der Waals surface area contributed by atoms with Crippen molar-refractivity contribution in [3.8, 4) is 0 Å². The highest BCUT2D eigenvalue weighted by Gasteiger charge is 2.11. The molecule has 116 valence electrons. The van der Waals surface area contributed by atoms with Gasteiger partial charge in [0.05, 0.1) is 11.1 Å². The average Bonchev–Trinajstić information content (AvgIpc) is 2.42. The second-order valence-corrected chi connectivity index (χ2v) is 4.63. The van der Waals surface area contributed by atoms with E-state index in [1.54, 1.807) is 12.1 Å². The highest BCUT2D eigenvalue weighted by Crippen LogP contribution is 2.20. The molecule has 0 heterocycles. The van der Waals surface area contributed by atoms with E-state index in [4.69, 9.17) is 21.7 Å². The third-order valence-corrected chi connectivity index (χ3v) is 3.10. The van der Waals surface area contributed by atoms with Gasteiger partial charge in [-0.15, -0.1) is 0 Å². The van der Waals surface area contributed by atoms with Crippen molar-refractivity contribution in [2.45, 2.75) is 6.42 Å². The van der Waals surface area contributed by atoms with E-state index in [9.17, 15) is 9.59 Å². The van der Waals surface area contributed by atoms with E-state index in [2.05, 4.69) is 0 Å². The number of nitrogens with two attached hydrogens (primary N) is 2. The van der Waals surface area contributed by atoms with Gasteiger partial charge in [-0.2, -0.15) is 0 Å². The first-order valence-corrected chi connectivity index (χ1v) is 6.12. The average molecular weight is 322 g/mol. The van der Waals surface area contributed by atoms with Crippen LogP contribution in [-0.2, 0) is 6.42 Å². The predicted octanol–water partition coefficient (Wildman–Crippen LogP) is -1.16. The van der Waals surface area contributed by atoms with Gasteiger partial charge in [0.15, 0.2) is 0 Å². The molecular weight excluding hydrogens is 308 g/mol. The molecule has 2 aromatic rings. The minimum Gasteiger partial charge on any atom is -1.00 e. The second-order valence-electron chi connectivity index (χ2n) is 4.63. The molecule has 0 aromatic heterocycles. The number of carboxylic acid groups (broad SMARTS) is 2. The quantitative estimate of drug-likeness (QED) is 0.526. The Morgan fingerprint density at radius 1 is 0.818 bits per heavy atom. The van der Waals surface area contributed by atoms with Crippen LogP contribution in [0.4, 0.5) is 11.4 Å². The number of carboxylic acids is 2. The lowest BCUT2D eigenvalue weighted by Gasteiger charge is -2.08. The zero-order valence-electron chi connectivity index (χ0n) is 11.4. The lowest BCUT2D eigenvalue weighted by atomic mass is 9.99. The summed E-state index contributed by atoms with van der Waals surface area (Å²) < 4.78 is 0. The van der Waals surface area contributed by atoms with Crippen LogP contribution < -0.4 is 23.9 Å². The van der Waals surface area contributed by atoms with Crippen LogP contribution in [0.15, 0.2) is 36.4 Å². The molecule has 0 aliphatic heterocycles. The van der Waals surface area contributed by atoms with Crippen LogP contribution in [0, 0.1) is 0 Å². The Morgan fingerprint density at radius 3 is 1.50 bits per heavy atom. The molecule has 0 unspecified atom stereocenters. The number of aromatic carboxylic acids is 2. The molecule has 0 aliphatic rings. The molecule has 0 spiro atoms. The second kappa shape index (κ2) is 6.82. The van der Waals surface area contributed by atoms with Gasteiger partial charge in [0.2, 0.25) is 0 Å². The summed E-state index contributed by atoms with van der Waals surface area (Å²) in [6.45, 7) is 0. The smallest absolute Gasteiger partial charge is 0.337 e. The summed E-state index contributed by atoms with van der Waals surface area (Å²) in [5.41, 5.74) is 13.1. The first kappa shape index (κ1) is 17.3. The summed E-state index contributed by atoms with van der Waals surface area (Å²) in [5, 5.41) is 18.1. The van der Waals surface area contributed by atoms with Gasteiger partial charge in [-0.05, 0) is 41.8 Å². The zero-order valence-corrected chi connectivity index (χ0v) is 12.2. The topological polar surface area (TPSA) is 127 Å². The fraction of sp³-hybridized carbons (Fsp3) is 0.0667. The number of carbonyl (C=O) groups is 2. The molecule has 6 nitrogen and oxygen atoms in total. The van der Waals surface area contributed by atoms with Gasteiger partial charge in [0.25, 0.3) is 0 Å². The van der Waals surface area contributed by atoms with Gasteiger partial charge < -0.3 is 34.1 Å². The number of benzene rings is 2. The number of rotatable bonds is 4. The van der Waals surface area contributed by atoms with Crippen LogP contribution in [0.5, 0.6) is 0 Å². The molecule has 0 aliphatic carbocycles. The van der Waals surface area contributed by atoms with E-state index in [0.717, 1.165) is 11.1 Å². The van der Waals surface area contributed by atoms with Crippen LogP contribution >= 0.6 is 0 Å². The van der Waals surface area contributed by atoms with Crippen LogP contribution in [-0.4, -0.2) is 22.2 Å². The monoisotopic (exact) mass is 321 g/mol. The fourth-order valence-corrected chi connectivity index (χ4v) is 2.03. The van der Waals surface area contributed by atoms with E-state index in [0.29, 0.717) is 6.42 Å². The minimum absolute atomic E-state index is 0. The molecule has 0 bridgehead atoms. The highest BCUT2D eigenvalue weighted by atomic mass is 35.5. The normalized spacial score (nSPS) is 9.82. The van der Waals surface area contributed by atoms with Crippen LogP contribution in [0.1, 0.15) is 31.8 Å². The summed E-state index contributed by atoms with van der Waals surface area (Å²) in [6, 6.07) is 9.42. The SMILES string of the molecule is Nc1ccc(Cc2ccc(N)c(C(=O)O)c2)cc1C(=O)O.[Cl-]. The molecule has 0 radical (unpaired) electrons. The standard InChI is InChI=1S/C15H14N2O4.ClH/c16-12-3-1-8(6-10(12)14(18)19)5-9-2-4-13(17)11(7-9)15(20)21;/h1-4,6-7H,5,16-17H2,(H,18,19)(H,20,21);1H/p-1. The van der Waals surface area contributed by atoms with Crippen LogP contribution in [0.25, 0.3) is 0 Å². The number of halogens is 1. The number of hydrogen-bond donors (Lipinski definition) is 4. The first-order chi connectivity index (χ1) is 9.88. The third kappa shape index (κ3) is 3.67. The Hall–Kier alpha value is -2.73. The summed E-state index contributed by atoms with van der Waals surface area (Å²) in [6.07, 6.45) is 0.390. The van der Waals surface area contributed by atoms with Crippen LogP contribution in [0.3, 0.4) is 0 Å². The Labute approximate surface area is 132 Å². The maximum Gasteiger partial charge on any atom is 0.337 e. The van der Waals surface area contributed by atoms with Crippen molar-refractivity contribution in [2.75, 3.05) is 11.5 Å². The lowest BCUT2D eigenvalue weighted by molar-refractivity contribution is -0.0000351. The number of nitrogen functional groups attached to an aromatic ring is 2. The Kier molecular flexibility index (Phi) is 5.37. The zero-order chi connectivity index (χ0) is 15.6. The van der Waals surface area contributed by atoms with Crippen molar-refractivity contribution >= 4 is 23.3 Å². The molecular formula is C15H14ClN2O4-. The van der Waals surface area contributed by atoms with Crippen molar-refractivity contribution in [1.82, 2.24) is 0 Å². The molecule has 0 saturated heterocycles. The number of hydrogen-bond acceptors (Lipinski definition) is 4. The van der Waals surface area contributed by atoms with E-state index in [1.165, 1.54) is 24.3 Å². The summed E-state index contributed by atoms with van der Waals surface area (Å²) >= 11 is 0. The van der Waals surface area contributed by atoms with E-state index >= 15 is 0 Å². The number of anilines is 2. The van der Waals surface area contributed by atoms with Crippen molar-refractivity contribution < 1.29 is 32.2 Å². The summed E-state index contributed by atoms with van der Waals surface area (Å²) in [7, 11) is 0. The summed E-state index contributed by atoms with van der Waals surface area (Å²) in [4.78, 5) is 22.1. The van der Waals surface area contributed by atoms with Gasteiger partial charge in [-0.1, -0.05) is 12.1 Å². The van der Waals surface area contributed by atoms with Crippen LogP contribution in [0.2, 0.25) is 0 Å². The molecule has 22 heavy (non-hydrogen) atoms. The molecule has 0 atom stereocenters. The first-order valence-electron chi connectivity index (χ1n) is 6.12. The minimum atomic E-state index is -1.10. The highest BCUT2D eigenvalue weighted by molar-refractivity contribution is 5.94. The molecule has 6 N–H and O–H groups in total. The lowest BCUT2D eigenvalue weighted by Crippen LogP contribution is -3.00. The van der Waals surface area contributed by atoms with Gasteiger partial charge >= 0.3 is 11.9 Å². The molecule has 0 amide bonds. The van der Waals surface area contributed by atoms with Crippen molar-refractivity contribution in [3.63, 3.8) is 0 Å². The third-order valence-electron chi connectivity index (χ3n) is 3.10. The molecule has 0 fully saturated rings. The molecule has 2 rings (SSSR count). The molecule has 0 saturated carbocycles. The van der Waals surface area contributed by atoms with Gasteiger partial charge in [0, 0.05) is 11.4 Å². The fourth-order valence-electron chi connectivity index (χ4n) is 2.03. The van der Waals surface area contributed by atoms with Gasteiger partial charge in [-0.3, -0.25) is 0 Å². The van der Waals surface area contributed by atoms with Gasteiger partial charge in [0.1, 0.15) is 0 Å². The van der Waals surface area contributed by atoms with Crippen molar-refractivity contribution in [3.05, 3.63) is 58.7 Å². The Bertz CT molecular complexity index is 670. The largest absolute Gasteiger partial charge is 1.00 e. The maximum atomic E-state index is 11.0. The maximum absolute atomic E-state index is 11.0. The Balaban J connectivity index is 0.00000242. The van der Waals surface area contributed by atoms with E-state index in [1.807, 2.05) is 0 Å². The van der Waals surface area contributed by atoms with Crippen molar-refractivity contribution in [2.24, 2.45) is 0 Å². The predicted molar refractivity (Wildman–Crippen MR) is 78.4 cm³/mol. The van der Waals surface area contributed by atoms with E-state index < -0.39 is 11.9 Å². The summed E-state index contributed by atoms with van der Waals surface area (Å²) in [5.74, 6) is -2.20. The molecule has 7 heteroatoms. The molecule has 2 aromatic carbocycles. The van der Waals surface area contributed by atoms with Gasteiger partial charge in [-0.25, -0.2) is 9.59 Å². The van der Waals surface area contributed by atoms with E-state index in [-0.39, 0.29) is 34.9 Å².